The number of rotatable bonds is 10. The third-order valence-corrected chi connectivity index (χ3v) is 6.35. The lowest BCUT2D eigenvalue weighted by Gasteiger charge is -2.42. The predicted octanol–water partition coefficient (Wildman–Crippen LogP) is 0.305. The molecule has 0 bridgehead atoms. The second kappa shape index (κ2) is 11.7. The van der Waals surface area contributed by atoms with Crippen molar-refractivity contribution in [1.29, 1.82) is 0 Å². The fourth-order valence-corrected chi connectivity index (χ4v) is 3.92. The average Bonchev–Trinajstić information content (AvgIpc) is 2.68. The maximum atomic E-state index is 6.39. The van der Waals surface area contributed by atoms with Gasteiger partial charge in [0, 0.05) is 50.3 Å². The molecule has 0 amide bonds. The molecule has 2 saturated heterocycles. The molecule has 0 radical (unpaired) electrons. The number of likely N-dealkylation sites (N-methyl/N-ethyl adjacent to an activating group) is 2. The third kappa shape index (κ3) is 6.92. The summed E-state index contributed by atoms with van der Waals surface area (Å²) in [6.45, 7) is 13.4. The highest BCUT2D eigenvalue weighted by atomic mass is 16.5. The van der Waals surface area contributed by atoms with Gasteiger partial charge >= 0.3 is 0 Å². The van der Waals surface area contributed by atoms with Crippen LogP contribution in [-0.4, -0.2) is 138 Å². The molecule has 7 heteroatoms. The summed E-state index contributed by atoms with van der Waals surface area (Å²) in [6, 6.07) is 1.67. The Morgan fingerprint density at radius 2 is 1.04 bits per heavy atom. The van der Waals surface area contributed by atoms with Crippen LogP contribution >= 0.6 is 0 Å². The molecular weight excluding hydrogens is 344 g/mol. The zero-order valence-electron chi connectivity index (χ0n) is 18.4. The molecule has 0 saturated carbocycles. The number of morpholine rings is 2. The van der Waals surface area contributed by atoms with Crippen molar-refractivity contribution in [1.82, 2.24) is 19.6 Å². The highest BCUT2D eigenvalue weighted by molar-refractivity contribution is 4.86. The van der Waals surface area contributed by atoms with Crippen LogP contribution in [0.1, 0.15) is 13.8 Å². The smallest absolute Gasteiger partial charge is 0.0637 e. The van der Waals surface area contributed by atoms with Crippen molar-refractivity contribution in [2.45, 2.75) is 38.0 Å². The van der Waals surface area contributed by atoms with E-state index >= 15 is 0 Å². The van der Waals surface area contributed by atoms with Gasteiger partial charge in [-0.25, -0.2) is 0 Å². The summed E-state index contributed by atoms with van der Waals surface area (Å²) in [7, 11) is 8.62. The van der Waals surface area contributed by atoms with Crippen LogP contribution in [0.2, 0.25) is 0 Å². The minimum atomic E-state index is 0.393. The molecule has 2 rings (SSSR count). The topological polar surface area (TPSA) is 40.6 Å². The first-order chi connectivity index (χ1) is 12.9. The Kier molecular flexibility index (Phi) is 9.93. The molecule has 2 heterocycles. The van der Waals surface area contributed by atoms with Crippen LogP contribution in [0.3, 0.4) is 0 Å². The largest absolute Gasteiger partial charge is 0.379 e. The van der Waals surface area contributed by atoms with E-state index < -0.39 is 0 Å². The van der Waals surface area contributed by atoms with Gasteiger partial charge in [-0.3, -0.25) is 9.80 Å². The van der Waals surface area contributed by atoms with E-state index in [0.29, 0.717) is 24.2 Å². The first-order valence-electron chi connectivity index (χ1n) is 10.5. The van der Waals surface area contributed by atoms with Gasteiger partial charge in [0.1, 0.15) is 0 Å². The zero-order valence-corrected chi connectivity index (χ0v) is 18.4. The van der Waals surface area contributed by atoms with Crippen LogP contribution < -0.4 is 0 Å². The van der Waals surface area contributed by atoms with Gasteiger partial charge in [-0.2, -0.15) is 0 Å². The Morgan fingerprint density at radius 1 is 0.704 bits per heavy atom. The summed E-state index contributed by atoms with van der Waals surface area (Å²) in [4.78, 5) is 9.66. The SMILES string of the molecule is CC(C(COCC(C(C)N(C)C)N1CCOCC1)N1CCOCC1)N(C)C. The van der Waals surface area contributed by atoms with E-state index in [-0.39, 0.29) is 0 Å². The van der Waals surface area contributed by atoms with Crippen LogP contribution in [0.15, 0.2) is 0 Å². The van der Waals surface area contributed by atoms with E-state index in [4.69, 9.17) is 14.2 Å². The summed E-state index contributed by atoms with van der Waals surface area (Å²) < 4.78 is 17.5. The van der Waals surface area contributed by atoms with Gasteiger partial charge in [0.2, 0.25) is 0 Å². The lowest BCUT2D eigenvalue weighted by molar-refractivity contribution is -0.0575. The summed E-state index contributed by atoms with van der Waals surface area (Å²) >= 11 is 0. The normalized spacial score (nSPS) is 24.9. The van der Waals surface area contributed by atoms with E-state index in [9.17, 15) is 0 Å². The zero-order chi connectivity index (χ0) is 19.8. The summed E-state index contributed by atoms with van der Waals surface area (Å²) in [5.41, 5.74) is 0. The Labute approximate surface area is 166 Å². The molecule has 0 spiro atoms. The maximum Gasteiger partial charge on any atom is 0.0637 e. The molecule has 4 unspecified atom stereocenters. The maximum absolute atomic E-state index is 6.39. The Balaban J connectivity index is 1.95. The lowest BCUT2D eigenvalue weighted by Crippen LogP contribution is -2.56. The third-order valence-electron chi connectivity index (χ3n) is 6.35. The Morgan fingerprint density at radius 3 is 1.33 bits per heavy atom. The van der Waals surface area contributed by atoms with E-state index in [1.807, 2.05) is 0 Å². The van der Waals surface area contributed by atoms with Crippen LogP contribution in [-0.2, 0) is 14.2 Å². The minimum absolute atomic E-state index is 0.393. The van der Waals surface area contributed by atoms with Gasteiger partial charge in [-0.15, -0.1) is 0 Å². The van der Waals surface area contributed by atoms with Crippen LogP contribution in [0.5, 0.6) is 0 Å². The number of hydrogen-bond acceptors (Lipinski definition) is 7. The highest BCUT2D eigenvalue weighted by Gasteiger charge is 2.30. The number of hydrogen-bond donors (Lipinski definition) is 0. The molecule has 0 aromatic carbocycles. The quantitative estimate of drug-likeness (QED) is 0.535. The number of ether oxygens (including phenoxy) is 3. The first kappa shape index (κ1) is 23.0. The summed E-state index contributed by atoms with van der Waals surface area (Å²) in [5, 5.41) is 0. The molecule has 0 aromatic rings. The van der Waals surface area contributed by atoms with Gasteiger partial charge in [0.25, 0.3) is 0 Å². The summed E-state index contributed by atoms with van der Waals surface area (Å²) in [6.07, 6.45) is 0. The lowest BCUT2D eigenvalue weighted by atomic mass is 10.1. The van der Waals surface area contributed by atoms with Crippen LogP contribution in [0, 0.1) is 0 Å². The van der Waals surface area contributed by atoms with Gasteiger partial charge < -0.3 is 24.0 Å². The van der Waals surface area contributed by atoms with Gasteiger partial charge in [0.05, 0.1) is 39.6 Å². The van der Waals surface area contributed by atoms with Crippen LogP contribution in [0.4, 0.5) is 0 Å². The molecule has 7 nitrogen and oxygen atoms in total. The molecule has 4 atom stereocenters. The average molecular weight is 387 g/mol. The Hall–Kier alpha value is -0.280. The predicted molar refractivity (Wildman–Crippen MR) is 109 cm³/mol. The van der Waals surface area contributed by atoms with E-state index in [1.54, 1.807) is 0 Å². The van der Waals surface area contributed by atoms with Crippen LogP contribution in [0.25, 0.3) is 0 Å². The standard InChI is InChI=1S/C20H42N4O3/c1-17(21(3)4)19(23-7-11-25-12-8-23)15-27-16-20(18(2)22(5)6)24-9-13-26-14-10-24/h17-20H,7-16H2,1-6H3. The minimum Gasteiger partial charge on any atom is -0.379 e. The van der Waals surface area contributed by atoms with Crippen molar-refractivity contribution in [2.24, 2.45) is 0 Å². The molecule has 2 fully saturated rings. The molecule has 2 aliphatic rings. The van der Waals surface area contributed by atoms with Crippen molar-refractivity contribution < 1.29 is 14.2 Å². The van der Waals surface area contributed by atoms with Gasteiger partial charge in [-0.1, -0.05) is 0 Å². The first-order valence-corrected chi connectivity index (χ1v) is 10.5. The monoisotopic (exact) mass is 386 g/mol. The number of nitrogens with zero attached hydrogens (tertiary/aromatic N) is 4. The van der Waals surface area contributed by atoms with Crippen molar-refractivity contribution in [3.8, 4) is 0 Å². The highest BCUT2D eigenvalue weighted by Crippen LogP contribution is 2.15. The van der Waals surface area contributed by atoms with E-state index in [0.717, 1.165) is 65.8 Å². The molecule has 0 aromatic heterocycles. The van der Waals surface area contributed by atoms with Crippen molar-refractivity contribution in [3.05, 3.63) is 0 Å². The van der Waals surface area contributed by atoms with E-state index in [1.165, 1.54) is 0 Å². The Bertz CT molecular complexity index is 363. The molecule has 27 heavy (non-hydrogen) atoms. The van der Waals surface area contributed by atoms with Crippen molar-refractivity contribution in [2.75, 3.05) is 94.0 Å². The molecular formula is C20H42N4O3. The van der Waals surface area contributed by atoms with E-state index in [2.05, 4.69) is 61.6 Å². The van der Waals surface area contributed by atoms with Gasteiger partial charge in [0.15, 0.2) is 0 Å². The van der Waals surface area contributed by atoms with Crippen molar-refractivity contribution in [3.63, 3.8) is 0 Å². The molecule has 160 valence electrons. The second-order valence-electron chi connectivity index (χ2n) is 8.38. The molecule has 0 N–H and O–H groups in total. The van der Waals surface area contributed by atoms with Crippen molar-refractivity contribution >= 4 is 0 Å². The molecule has 0 aliphatic carbocycles. The fraction of sp³-hybridized carbons (Fsp3) is 1.00. The molecule has 2 aliphatic heterocycles. The summed E-state index contributed by atoms with van der Waals surface area (Å²) in [5.74, 6) is 0. The second-order valence-corrected chi connectivity index (χ2v) is 8.38. The van der Waals surface area contributed by atoms with Gasteiger partial charge in [-0.05, 0) is 42.0 Å². The fourth-order valence-electron chi connectivity index (χ4n) is 3.92.